The predicted molar refractivity (Wildman–Crippen MR) is 74.4 cm³/mol. The number of rotatable bonds is 3. The number of furan rings is 1. The largest absolute Gasteiger partial charge is 0.468 e. The fourth-order valence-corrected chi connectivity index (χ4v) is 2.17. The summed E-state index contributed by atoms with van der Waals surface area (Å²) in [6, 6.07) is 14.3. The number of halogens is 1. The zero-order valence-corrected chi connectivity index (χ0v) is 10.3. The van der Waals surface area contributed by atoms with Crippen LogP contribution in [0.5, 0.6) is 0 Å². The Balaban J connectivity index is 1.90. The average molecular weight is 254 g/mol. The van der Waals surface area contributed by atoms with Crippen LogP contribution < -0.4 is 5.66 Å². The van der Waals surface area contributed by atoms with Crippen LogP contribution in [0.2, 0.25) is 0 Å². The maximum Gasteiger partial charge on any atom is 0.347 e. The first-order valence-electron chi connectivity index (χ1n) is 6.11. The molecule has 1 aromatic heterocycles. The molecule has 0 saturated carbocycles. The fourth-order valence-electron chi connectivity index (χ4n) is 2.17. The number of hydrogen-bond donors (Lipinski definition) is 1. The third-order valence-corrected chi connectivity index (χ3v) is 3.11. The van der Waals surface area contributed by atoms with Crippen molar-refractivity contribution >= 4 is 24.1 Å². The van der Waals surface area contributed by atoms with E-state index in [1.165, 1.54) is 12.1 Å². The molecule has 0 radical (unpaired) electrons. The van der Waals surface area contributed by atoms with E-state index in [0.717, 1.165) is 28.5 Å². The molecule has 0 saturated heterocycles. The number of hydrogen-bond acceptors (Lipinski definition) is 2. The van der Waals surface area contributed by atoms with Crippen LogP contribution in [0, 0.1) is 5.82 Å². The van der Waals surface area contributed by atoms with E-state index >= 15 is 0 Å². The molecule has 0 aliphatic carbocycles. The van der Waals surface area contributed by atoms with Gasteiger partial charge in [-0.2, -0.15) is 0 Å². The van der Waals surface area contributed by atoms with Crippen molar-refractivity contribution in [2.45, 2.75) is 6.42 Å². The zero-order valence-electron chi connectivity index (χ0n) is 10.3. The molecule has 0 spiro atoms. The fraction of sp³-hybridized carbons (Fsp3) is 0.0667. The quantitative estimate of drug-likeness (QED) is 0.726. The molecule has 1 heterocycles. The van der Waals surface area contributed by atoms with Crippen LogP contribution in [-0.2, 0) is 6.42 Å². The van der Waals surface area contributed by atoms with Crippen LogP contribution in [0.15, 0.2) is 52.9 Å². The van der Waals surface area contributed by atoms with E-state index in [0.29, 0.717) is 5.66 Å². The summed E-state index contributed by atoms with van der Waals surface area (Å²) in [5.74, 6) is -0.221. The summed E-state index contributed by atoms with van der Waals surface area (Å²) in [4.78, 5) is 0. The van der Waals surface area contributed by atoms with Crippen molar-refractivity contribution in [2.24, 2.45) is 0 Å². The number of fused-ring (bicyclic) bond motifs is 1. The molecule has 19 heavy (non-hydrogen) atoms. The van der Waals surface area contributed by atoms with Gasteiger partial charge in [0.2, 0.25) is 0 Å². The number of benzene rings is 2. The molecule has 3 aromatic rings. The van der Waals surface area contributed by atoms with Crippen LogP contribution in [0.25, 0.3) is 11.0 Å². The predicted octanol–water partition coefficient (Wildman–Crippen LogP) is 2.13. The topological polar surface area (TPSA) is 33.4 Å². The molecule has 0 aliphatic heterocycles. The third-order valence-electron chi connectivity index (χ3n) is 3.11. The molecule has 3 rings (SSSR count). The van der Waals surface area contributed by atoms with Crippen molar-refractivity contribution in [2.75, 3.05) is 0 Å². The second-order valence-corrected chi connectivity index (χ2v) is 4.55. The normalized spacial score (nSPS) is 10.8. The Hall–Kier alpha value is -2.07. The van der Waals surface area contributed by atoms with Crippen molar-refractivity contribution in [1.29, 1.82) is 0 Å². The lowest BCUT2D eigenvalue weighted by molar-refractivity contribution is 0.584. The average Bonchev–Trinajstić information content (AvgIpc) is 2.83. The summed E-state index contributed by atoms with van der Waals surface area (Å²) in [6.45, 7) is 0. The Bertz CT molecular complexity index is 704. The van der Waals surface area contributed by atoms with Crippen LogP contribution >= 0.6 is 0 Å². The van der Waals surface area contributed by atoms with Gasteiger partial charge in [-0.1, -0.05) is 18.2 Å². The Morgan fingerprint density at radius 3 is 2.47 bits per heavy atom. The van der Waals surface area contributed by atoms with Gasteiger partial charge in [-0.15, -0.1) is 0 Å². The summed E-state index contributed by atoms with van der Waals surface area (Å²) in [5, 5.41) is 10.0. The minimum absolute atomic E-state index is 0.0953. The first kappa shape index (κ1) is 12.0. The van der Waals surface area contributed by atoms with Crippen molar-refractivity contribution in [3.05, 3.63) is 65.5 Å². The van der Waals surface area contributed by atoms with Crippen LogP contribution in [0.1, 0.15) is 11.1 Å². The van der Waals surface area contributed by atoms with Crippen LogP contribution in [-0.4, -0.2) is 12.5 Å². The Morgan fingerprint density at radius 2 is 1.74 bits per heavy atom. The third kappa shape index (κ3) is 2.54. The van der Waals surface area contributed by atoms with E-state index in [9.17, 15) is 4.39 Å². The van der Waals surface area contributed by atoms with E-state index in [-0.39, 0.29) is 13.3 Å². The molecule has 0 aliphatic rings. The van der Waals surface area contributed by atoms with Gasteiger partial charge < -0.3 is 9.44 Å². The molecule has 1 N–H and O–H groups in total. The van der Waals surface area contributed by atoms with Gasteiger partial charge in [-0.05, 0) is 47.9 Å². The second-order valence-electron chi connectivity index (χ2n) is 4.55. The Kier molecular flexibility index (Phi) is 3.09. The van der Waals surface area contributed by atoms with E-state index < -0.39 is 0 Å². The molecule has 0 atom stereocenters. The standard InChI is InChI=1S/C15H12BFO2/c17-13-4-1-10(2-5-13)7-11-3-6-14-12(8-11)9-15(16-18)19-14/h1-6,8-9,16,18H,7H2. The van der Waals surface area contributed by atoms with Crippen LogP contribution in [0.4, 0.5) is 4.39 Å². The molecule has 0 bridgehead atoms. The van der Waals surface area contributed by atoms with Gasteiger partial charge >= 0.3 is 7.48 Å². The molecule has 0 fully saturated rings. The van der Waals surface area contributed by atoms with Gasteiger partial charge in [0.05, 0.1) is 5.66 Å². The first-order chi connectivity index (χ1) is 9.24. The van der Waals surface area contributed by atoms with Gasteiger partial charge in [-0.3, -0.25) is 0 Å². The second kappa shape index (κ2) is 4.90. The summed E-state index contributed by atoms with van der Waals surface area (Å²) in [6.07, 6.45) is 0.746. The van der Waals surface area contributed by atoms with E-state index in [1.807, 2.05) is 24.3 Å². The lowest BCUT2D eigenvalue weighted by Crippen LogP contribution is -2.08. The summed E-state index contributed by atoms with van der Waals surface area (Å²) >= 11 is 0. The van der Waals surface area contributed by atoms with Crippen molar-refractivity contribution in [3.63, 3.8) is 0 Å². The first-order valence-corrected chi connectivity index (χ1v) is 6.11. The van der Waals surface area contributed by atoms with E-state index in [4.69, 9.17) is 9.44 Å². The minimum Gasteiger partial charge on any atom is -0.468 e. The molecule has 0 amide bonds. The van der Waals surface area contributed by atoms with Crippen LogP contribution in [0.3, 0.4) is 0 Å². The lowest BCUT2D eigenvalue weighted by atomic mass is 9.97. The van der Waals surface area contributed by atoms with Gasteiger partial charge in [0, 0.05) is 5.39 Å². The van der Waals surface area contributed by atoms with Gasteiger partial charge in [0.1, 0.15) is 11.4 Å². The highest BCUT2D eigenvalue weighted by Gasteiger charge is 2.05. The molecular formula is C15H12BFO2. The lowest BCUT2D eigenvalue weighted by Gasteiger charge is -2.02. The molecule has 94 valence electrons. The maximum atomic E-state index is 12.8. The van der Waals surface area contributed by atoms with E-state index in [2.05, 4.69) is 0 Å². The maximum absolute atomic E-state index is 12.8. The molecule has 2 aromatic carbocycles. The van der Waals surface area contributed by atoms with Gasteiger partial charge in [0.15, 0.2) is 0 Å². The zero-order chi connectivity index (χ0) is 13.2. The monoisotopic (exact) mass is 254 g/mol. The summed E-state index contributed by atoms with van der Waals surface area (Å²) in [7, 11) is -0.0953. The summed E-state index contributed by atoms with van der Waals surface area (Å²) in [5.41, 5.74) is 3.52. The highest BCUT2D eigenvalue weighted by Crippen LogP contribution is 2.18. The Morgan fingerprint density at radius 1 is 1.00 bits per heavy atom. The van der Waals surface area contributed by atoms with Gasteiger partial charge in [-0.25, -0.2) is 4.39 Å². The SMILES string of the molecule is OBc1cc2cc(Cc3ccc(F)cc3)ccc2o1. The van der Waals surface area contributed by atoms with Crippen molar-refractivity contribution in [1.82, 2.24) is 0 Å². The smallest absolute Gasteiger partial charge is 0.347 e. The molecular weight excluding hydrogens is 242 g/mol. The van der Waals surface area contributed by atoms with Crippen molar-refractivity contribution in [3.8, 4) is 0 Å². The summed E-state index contributed by atoms with van der Waals surface area (Å²) < 4.78 is 18.3. The molecule has 2 nitrogen and oxygen atoms in total. The molecule has 0 unspecified atom stereocenters. The highest BCUT2D eigenvalue weighted by atomic mass is 19.1. The molecule has 4 heteroatoms. The highest BCUT2D eigenvalue weighted by molar-refractivity contribution is 6.44. The van der Waals surface area contributed by atoms with E-state index in [1.54, 1.807) is 12.1 Å². The van der Waals surface area contributed by atoms with Gasteiger partial charge in [0.25, 0.3) is 0 Å². The minimum atomic E-state index is -0.221. The Labute approximate surface area is 110 Å². The van der Waals surface area contributed by atoms with Crippen molar-refractivity contribution < 1.29 is 13.8 Å².